The van der Waals surface area contributed by atoms with Crippen LogP contribution in [-0.4, -0.2) is 3.71 Å². The summed E-state index contributed by atoms with van der Waals surface area (Å²) >= 11 is -2.77. The SMILES string of the molecule is Cc1cc2c(c(C)c1C)C(C)c1c3c(c4ccccc4c1-2)C(C)C(C)C(C)[C]3(C)[Zr+2](=[CH]Cc1ccccc1)[C]1=C(c2ccoc2)C=CC1C.[Cl-].[Cl-]. The molecule has 262 valence electrons. The molecule has 3 aliphatic rings. The Morgan fingerprint density at radius 2 is 1.49 bits per heavy atom. The molecule has 0 fully saturated rings. The van der Waals surface area contributed by atoms with E-state index in [0.29, 0.717) is 29.6 Å². The topological polar surface area (TPSA) is 13.1 Å². The van der Waals surface area contributed by atoms with Crippen LogP contribution in [-0.2, 0) is 30.8 Å². The van der Waals surface area contributed by atoms with Crippen LogP contribution in [0.1, 0.15) is 103 Å². The van der Waals surface area contributed by atoms with Gasteiger partial charge in [0.05, 0.1) is 0 Å². The van der Waals surface area contributed by atoms with E-state index < -0.39 is 21.3 Å². The first kappa shape index (κ1) is 38.0. The molecule has 5 aromatic rings. The molecule has 1 aromatic heterocycles. The van der Waals surface area contributed by atoms with Crippen LogP contribution in [0.4, 0.5) is 0 Å². The summed E-state index contributed by atoms with van der Waals surface area (Å²) in [5.41, 5.74) is 18.0. The van der Waals surface area contributed by atoms with Crippen LogP contribution >= 0.6 is 0 Å². The smallest absolute Gasteiger partial charge is 1.00 e. The fourth-order valence-electron chi connectivity index (χ4n) is 10.2. The van der Waals surface area contributed by atoms with Gasteiger partial charge in [0.25, 0.3) is 0 Å². The minimum atomic E-state index is -2.77. The number of rotatable bonds is 5. The first-order chi connectivity index (χ1) is 23.6. The Bertz CT molecular complexity index is 2220. The van der Waals surface area contributed by atoms with E-state index in [1.165, 1.54) is 55.3 Å². The molecule has 8 rings (SSSR count). The molecule has 0 N–H and O–H groups in total. The van der Waals surface area contributed by atoms with E-state index in [9.17, 15) is 0 Å². The van der Waals surface area contributed by atoms with Crippen molar-refractivity contribution in [3.8, 4) is 11.1 Å². The van der Waals surface area contributed by atoms with Gasteiger partial charge in [-0.05, 0) is 0 Å². The second-order valence-corrected chi connectivity index (χ2v) is 22.6. The van der Waals surface area contributed by atoms with Gasteiger partial charge in [-0.25, -0.2) is 0 Å². The summed E-state index contributed by atoms with van der Waals surface area (Å²) in [5.74, 6) is 2.36. The molecule has 0 saturated carbocycles. The van der Waals surface area contributed by atoms with Crippen LogP contribution in [0, 0.1) is 38.5 Å². The summed E-state index contributed by atoms with van der Waals surface area (Å²) in [6.45, 7) is 22.5. The van der Waals surface area contributed by atoms with Gasteiger partial charge in [-0.2, -0.15) is 0 Å². The molecule has 0 aliphatic heterocycles. The van der Waals surface area contributed by atoms with Crippen molar-refractivity contribution < 1.29 is 50.5 Å². The van der Waals surface area contributed by atoms with Crippen LogP contribution in [0.5, 0.6) is 0 Å². The largest absolute Gasteiger partial charge is 1.00 e. The van der Waals surface area contributed by atoms with Crippen LogP contribution in [0.3, 0.4) is 0 Å². The van der Waals surface area contributed by atoms with Crippen molar-refractivity contribution in [3.63, 3.8) is 0 Å². The molecule has 6 atom stereocenters. The van der Waals surface area contributed by atoms with Gasteiger partial charge in [-0.15, -0.1) is 0 Å². The molecule has 0 bridgehead atoms. The Hall–Kier alpha value is -2.77. The van der Waals surface area contributed by atoms with E-state index >= 15 is 0 Å². The van der Waals surface area contributed by atoms with Crippen molar-refractivity contribution >= 4 is 20.1 Å². The van der Waals surface area contributed by atoms with Crippen molar-refractivity contribution in [2.24, 2.45) is 17.8 Å². The summed E-state index contributed by atoms with van der Waals surface area (Å²) in [7, 11) is 0. The molecule has 4 heteroatoms. The summed E-state index contributed by atoms with van der Waals surface area (Å²) in [6, 6.07) is 25.3. The van der Waals surface area contributed by atoms with E-state index in [4.69, 9.17) is 4.42 Å². The number of halogens is 2. The monoisotopic (exact) mass is 790 g/mol. The zero-order valence-corrected chi connectivity index (χ0v) is 35.5. The molecule has 1 nitrogen and oxygen atoms in total. The second-order valence-electron chi connectivity index (χ2n) is 15.7. The fourth-order valence-corrected chi connectivity index (χ4v) is 20.2. The maximum atomic E-state index is 5.73. The van der Waals surface area contributed by atoms with E-state index in [-0.39, 0.29) is 27.9 Å². The number of fused-ring (bicyclic) bond motifs is 8. The summed E-state index contributed by atoms with van der Waals surface area (Å²) < 4.78 is 10.4. The molecule has 0 spiro atoms. The second kappa shape index (κ2) is 14.2. The molecule has 4 aromatic carbocycles. The van der Waals surface area contributed by atoms with Crippen LogP contribution in [0.25, 0.3) is 27.5 Å². The van der Waals surface area contributed by atoms with Gasteiger partial charge in [0.15, 0.2) is 0 Å². The third-order valence-electron chi connectivity index (χ3n) is 13.5. The molecule has 0 saturated heterocycles. The first-order valence-electron chi connectivity index (χ1n) is 18.5. The Morgan fingerprint density at radius 3 is 2.18 bits per heavy atom. The number of allylic oxidation sites excluding steroid dienone is 4. The summed E-state index contributed by atoms with van der Waals surface area (Å²) in [4.78, 5) is 0. The maximum absolute atomic E-state index is 5.73. The Morgan fingerprint density at radius 1 is 0.804 bits per heavy atom. The molecule has 51 heavy (non-hydrogen) atoms. The minimum Gasteiger partial charge on any atom is -1.00 e. The zero-order chi connectivity index (χ0) is 34.4. The van der Waals surface area contributed by atoms with Crippen molar-refractivity contribution in [2.75, 3.05) is 0 Å². The number of hydrogen-bond acceptors (Lipinski definition) is 1. The standard InChI is InChI=1S/C29H33.C10H9O.C8H8.2ClH.Zr/c1-14-13-24-25(18(5)15(14)2)21(8)28-27-20(7)17(4)16(3)19(6)26(27)22-11-9-10-12-23(22)29(24)28;1-8-2-3-9(6-8)10-4-5-11-7-10;1-2-8-6-4-3-5-7-8;;;/h9-13,16-17,19,21H,1-8H3;2-5,7-8H,1H3;1,3-7H,2H2;2*1H;/q;;;;;+2/p-2. The van der Waals surface area contributed by atoms with Gasteiger partial charge in [-0.1, -0.05) is 0 Å². The molecular formula is C47H50Cl2OZr. The number of benzene rings is 4. The molecule has 1 heterocycles. The van der Waals surface area contributed by atoms with E-state index in [1.807, 2.05) is 12.5 Å². The molecule has 6 unspecified atom stereocenters. The van der Waals surface area contributed by atoms with Gasteiger partial charge in [-0.3, -0.25) is 0 Å². The first-order valence-corrected chi connectivity index (χ1v) is 22.3. The summed E-state index contributed by atoms with van der Waals surface area (Å²) in [5, 5.41) is 2.94. The average Bonchev–Trinajstić information content (AvgIpc) is 3.84. The number of furan rings is 1. The molecule has 3 aliphatic carbocycles. The van der Waals surface area contributed by atoms with Crippen molar-refractivity contribution in [3.05, 3.63) is 145 Å². The minimum absolute atomic E-state index is 0. The number of hydrogen-bond donors (Lipinski definition) is 0. The third kappa shape index (κ3) is 5.61. The van der Waals surface area contributed by atoms with Gasteiger partial charge in [0.2, 0.25) is 0 Å². The van der Waals surface area contributed by atoms with Gasteiger partial charge in [0, 0.05) is 0 Å². The third-order valence-corrected chi connectivity index (χ3v) is 22.7. The normalized spacial score (nSPS) is 24.6. The van der Waals surface area contributed by atoms with Gasteiger partial charge >= 0.3 is 303 Å². The van der Waals surface area contributed by atoms with Gasteiger partial charge < -0.3 is 24.8 Å². The summed E-state index contributed by atoms with van der Waals surface area (Å²) in [6.07, 6.45) is 9.73. The van der Waals surface area contributed by atoms with Crippen LogP contribution in [0.15, 0.2) is 99.1 Å². The predicted molar refractivity (Wildman–Crippen MR) is 205 cm³/mol. The molecular weight excluding hydrogens is 743 g/mol. The average molecular weight is 793 g/mol. The van der Waals surface area contributed by atoms with Crippen molar-refractivity contribution in [1.29, 1.82) is 0 Å². The van der Waals surface area contributed by atoms with E-state index in [0.717, 1.165) is 6.42 Å². The van der Waals surface area contributed by atoms with E-state index in [1.54, 1.807) is 25.5 Å². The fraction of sp³-hybridized carbons (Fsp3) is 0.340. The van der Waals surface area contributed by atoms with E-state index in [2.05, 4.69) is 145 Å². The Labute approximate surface area is 325 Å². The molecule has 0 radical (unpaired) electrons. The maximum Gasteiger partial charge on any atom is -1.00 e. The Balaban J connectivity index is 0.00000224. The molecule has 0 amide bonds. The zero-order valence-electron chi connectivity index (χ0n) is 31.5. The Kier molecular flexibility index (Phi) is 10.6. The van der Waals surface area contributed by atoms with Crippen molar-refractivity contribution in [2.45, 2.75) is 83.7 Å². The van der Waals surface area contributed by atoms with Crippen LogP contribution < -0.4 is 24.8 Å². The van der Waals surface area contributed by atoms with Crippen LogP contribution in [0.2, 0.25) is 0 Å². The predicted octanol–water partition coefficient (Wildman–Crippen LogP) is 6.38. The van der Waals surface area contributed by atoms with Crippen molar-refractivity contribution in [1.82, 2.24) is 0 Å². The number of aryl methyl sites for hydroxylation is 1. The van der Waals surface area contributed by atoms with Gasteiger partial charge in [0.1, 0.15) is 0 Å². The quantitative estimate of drug-likeness (QED) is 0.202.